The van der Waals surface area contributed by atoms with Crippen LogP contribution in [-0.2, 0) is 4.79 Å². The highest BCUT2D eigenvalue weighted by Crippen LogP contribution is 2.21. The number of ether oxygens (including phenoxy) is 1. The van der Waals surface area contributed by atoms with Crippen LogP contribution in [0.15, 0.2) is 18.2 Å². The summed E-state index contributed by atoms with van der Waals surface area (Å²) in [5.74, 6) is 0.934. The number of carbonyl (C=O) groups excluding carboxylic acids is 1. The molecule has 0 spiro atoms. The number of amides is 1. The van der Waals surface area contributed by atoms with Crippen molar-refractivity contribution in [3.8, 4) is 5.75 Å². The summed E-state index contributed by atoms with van der Waals surface area (Å²) in [5.41, 5.74) is 0.983. The molecular weight excluding hydrogens is 290 g/mol. The van der Waals surface area contributed by atoms with Crippen LogP contribution in [-0.4, -0.2) is 41.7 Å². The smallest absolute Gasteiger partial charge is 0.222 e. The molecule has 0 saturated carbocycles. The molecule has 2 rings (SSSR count). The minimum absolute atomic E-state index is 0.151. The third-order valence-electron chi connectivity index (χ3n) is 3.75. The second kappa shape index (κ2) is 7.66. The average molecular weight is 312 g/mol. The Labute approximate surface area is 130 Å². The number of benzene rings is 1. The Hall–Kier alpha value is -1.26. The van der Waals surface area contributed by atoms with Gasteiger partial charge >= 0.3 is 0 Å². The Balaban J connectivity index is 1.67. The molecule has 1 fully saturated rings. The monoisotopic (exact) mass is 311 g/mol. The normalized spacial score (nSPS) is 16.0. The van der Waals surface area contributed by atoms with E-state index in [0.29, 0.717) is 45.4 Å². The van der Waals surface area contributed by atoms with E-state index >= 15 is 0 Å². The Kier molecular flexibility index (Phi) is 5.88. The lowest BCUT2D eigenvalue weighted by atomic mass is 10.1. The first-order valence-electron chi connectivity index (χ1n) is 7.41. The van der Waals surface area contributed by atoms with Gasteiger partial charge in [0.15, 0.2) is 0 Å². The number of hydrogen-bond donors (Lipinski definition) is 1. The number of piperidine rings is 1. The van der Waals surface area contributed by atoms with Gasteiger partial charge in [-0.05, 0) is 49.9 Å². The summed E-state index contributed by atoms with van der Waals surface area (Å²) in [4.78, 5) is 13.8. The molecule has 1 aliphatic heterocycles. The van der Waals surface area contributed by atoms with Gasteiger partial charge in [0.2, 0.25) is 5.91 Å². The van der Waals surface area contributed by atoms with Crippen LogP contribution in [0.2, 0.25) is 5.02 Å². The van der Waals surface area contributed by atoms with Crippen LogP contribution in [0, 0.1) is 6.92 Å². The van der Waals surface area contributed by atoms with Gasteiger partial charge in [0.25, 0.3) is 0 Å². The van der Waals surface area contributed by atoms with E-state index in [1.54, 1.807) is 0 Å². The zero-order chi connectivity index (χ0) is 15.2. The van der Waals surface area contributed by atoms with Crippen molar-refractivity contribution in [2.24, 2.45) is 0 Å². The molecular formula is C16H22ClNO3. The van der Waals surface area contributed by atoms with Gasteiger partial charge in [0.05, 0.1) is 12.7 Å². The number of hydrogen-bond acceptors (Lipinski definition) is 3. The summed E-state index contributed by atoms with van der Waals surface area (Å²) in [7, 11) is 0. The quantitative estimate of drug-likeness (QED) is 0.851. The lowest BCUT2D eigenvalue weighted by molar-refractivity contribution is -0.133. The van der Waals surface area contributed by atoms with Crippen molar-refractivity contribution in [1.82, 2.24) is 4.90 Å². The highest BCUT2D eigenvalue weighted by molar-refractivity contribution is 6.31. The molecule has 21 heavy (non-hydrogen) atoms. The molecule has 0 aliphatic carbocycles. The number of aliphatic hydroxyl groups excluding tert-OH is 1. The van der Waals surface area contributed by atoms with Crippen molar-refractivity contribution in [3.05, 3.63) is 28.8 Å². The van der Waals surface area contributed by atoms with E-state index in [4.69, 9.17) is 16.3 Å². The van der Waals surface area contributed by atoms with E-state index < -0.39 is 0 Å². The molecule has 4 nitrogen and oxygen atoms in total. The summed E-state index contributed by atoms with van der Waals surface area (Å²) in [6.45, 7) is 3.78. The predicted molar refractivity (Wildman–Crippen MR) is 82.7 cm³/mol. The third-order valence-corrected chi connectivity index (χ3v) is 4.17. The number of aliphatic hydroxyl groups is 1. The fourth-order valence-electron chi connectivity index (χ4n) is 2.39. The first-order chi connectivity index (χ1) is 10.1. The molecule has 0 atom stereocenters. The van der Waals surface area contributed by atoms with Crippen LogP contribution in [0.5, 0.6) is 5.75 Å². The number of aryl methyl sites for hydroxylation is 1. The third kappa shape index (κ3) is 4.90. The molecule has 1 aromatic carbocycles. The van der Waals surface area contributed by atoms with Crippen LogP contribution >= 0.6 is 11.6 Å². The van der Waals surface area contributed by atoms with Crippen LogP contribution < -0.4 is 4.74 Å². The lowest BCUT2D eigenvalue weighted by Gasteiger charge is -2.29. The van der Waals surface area contributed by atoms with Crippen LogP contribution in [0.4, 0.5) is 0 Å². The Bertz CT molecular complexity index is 484. The van der Waals surface area contributed by atoms with Crippen LogP contribution in [0.3, 0.4) is 0 Å². The number of halogens is 1. The molecule has 5 heteroatoms. The van der Waals surface area contributed by atoms with E-state index in [9.17, 15) is 9.90 Å². The van der Waals surface area contributed by atoms with Crippen molar-refractivity contribution >= 4 is 17.5 Å². The molecule has 116 valence electrons. The maximum Gasteiger partial charge on any atom is 0.222 e. The van der Waals surface area contributed by atoms with Crippen molar-refractivity contribution < 1.29 is 14.6 Å². The Morgan fingerprint density at radius 1 is 1.43 bits per heavy atom. The largest absolute Gasteiger partial charge is 0.494 e. The Morgan fingerprint density at radius 3 is 2.81 bits per heavy atom. The Morgan fingerprint density at radius 2 is 2.14 bits per heavy atom. The summed E-state index contributed by atoms with van der Waals surface area (Å²) in [6, 6.07) is 5.55. The molecule has 0 bridgehead atoms. The van der Waals surface area contributed by atoms with Crippen molar-refractivity contribution in [3.63, 3.8) is 0 Å². The van der Waals surface area contributed by atoms with Crippen molar-refractivity contribution in [1.29, 1.82) is 0 Å². The van der Waals surface area contributed by atoms with E-state index in [-0.39, 0.29) is 12.0 Å². The minimum Gasteiger partial charge on any atom is -0.494 e. The molecule has 1 aromatic rings. The first kappa shape index (κ1) is 16.1. The molecule has 1 heterocycles. The van der Waals surface area contributed by atoms with Crippen LogP contribution in [0.1, 0.15) is 31.2 Å². The summed E-state index contributed by atoms with van der Waals surface area (Å²) >= 11 is 5.96. The molecule has 1 N–H and O–H groups in total. The van der Waals surface area contributed by atoms with Gasteiger partial charge in [0, 0.05) is 24.5 Å². The van der Waals surface area contributed by atoms with Gasteiger partial charge < -0.3 is 14.7 Å². The molecule has 0 radical (unpaired) electrons. The summed E-state index contributed by atoms with van der Waals surface area (Å²) < 4.78 is 5.63. The minimum atomic E-state index is -0.245. The molecule has 1 amide bonds. The van der Waals surface area contributed by atoms with E-state index in [1.165, 1.54) is 0 Å². The van der Waals surface area contributed by atoms with Gasteiger partial charge in [-0.2, -0.15) is 0 Å². The number of carbonyl (C=O) groups is 1. The van der Waals surface area contributed by atoms with Crippen LogP contribution in [0.25, 0.3) is 0 Å². The second-order valence-corrected chi connectivity index (χ2v) is 5.88. The maximum absolute atomic E-state index is 12.0. The van der Waals surface area contributed by atoms with E-state index in [1.807, 2.05) is 30.0 Å². The number of nitrogens with zero attached hydrogens (tertiary/aromatic N) is 1. The van der Waals surface area contributed by atoms with Gasteiger partial charge in [0.1, 0.15) is 5.75 Å². The standard InChI is InChI=1S/C16H22ClNO3/c1-12-11-14(4-5-15(12)17)21-10-2-3-16(20)18-8-6-13(19)7-9-18/h4-5,11,13,19H,2-3,6-10H2,1H3. The van der Waals surface area contributed by atoms with Gasteiger partial charge in [-0.3, -0.25) is 4.79 Å². The second-order valence-electron chi connectivity index (χ2n) is 5.47. The lowest BCUT2D eigenvalue weighted by Crippen LogP contribution is -2.40. The van der Waals surface area contributed by atoms with Crippen molar-refractivity contribution in [2.75, 3.05) is 19.7 Å². The fourth-order valence-corrected chi connectivity index (χ4v) is 2.51. The van der Waals surface area contributed by atoms with E-state index in [0.717, 1.165) is 16.3 Å². The highest BCUT2D eigenvalue weighted by atomic mass is 35.5. The summed E-state index contributed by atoms with van der Waals surface area (Å²) in [5, 5.41) is 10.2. The summed E-state index contributed by atoms with van der Waals surface area (Å²) in [6.07, 6.45) is 2.31. The molecule has 0 unspecified atom stereocenters. The average Bonchev–Trinajstić information content (AvgIpc) is 2.47. The zero-order valence-electron chi connectivity index (χ0n) is 12.3. The maximum atomic E-state index is 12.0. The fraction of sp³-hybridized carbons (Fsp3) is 0.562. The first-order valence-corrected chi connectivity index (χ1v) is 7.79. The van der Waals surface area contributed by atoms with E-state index in [2.05, 4.69) is 0 Å². The zero-order valence-corrected chi connectivity index (χ0v) is 13.1. The number of rotatable bonds is 5. The molecule has 1 aliphatic rings. The van der Waals surface area contributed by atoms with Gasteiger partial charge in [-0.1, -0.05) is 11.6 Å². The van der Waals surface area contributed by atoms with Gasteiger partial charge in [-0.15, -0.1) is 0 Å². The topological polar surface area (TPSA) is 49.8 Å². The number of likely N-dealkylation sites (tertiary alicyclic amines) is 1. The molecule has 1 saturated heterocycles. The highest BCUT2D eigenvalue weighted by Gasteiger charge is 2.20. The van der Waals surface area contributed by atoms with Crippen molar-refractivity contribution in [2.45, 2.75) is 38.7 Å². The predicted octanol–water partition coefficient (Wildman–Crippen LogP) is 2.79. The van der Waals surface area contributed by atoms with Gasteiger partial charge in [-0.25, -0.2) is 0 Å². The molecule has 0 aromatic heterocycles. The SMILES string of the molecule is Cc1cc(OCCCC(=O)N2CCC(O)CC2)ccc1Cl.